The van der Waals surface area contributed by atoms with Gasteiger partial charge in [0, 0.05) is 6.07 Å². The molecule has 19 heavy (non-hydrogen) atoms. The first-order chi connectivity index (χ1) is 9.15. The molecule has 8 nitrogen and oxygen atoms in total. The Morgan fingerprint density at radius 1 is 1.58 bits per heavy atom. The largest absolute Gasteiger partial charge is 0.454 e. The average molecular weight is 280 g/mol. The maximum atomic E-state index is 11.0. The van der Waals surface area contributed by atoms with E-state index in [4.69, 9.17) is 14.7 Å². The molecule has 0 spiro atoms. The van der Waals surface area contributed by atoms with Crippen molar-refractivity contribution in [1.29, 1.82) is 5.26 Å². The lowest BCUT2D eigenvalue weighted by Gasteiger charge is -2.02. The van der Waals surface area contributed by atoms with Crippen molar-refractivity contribution in [2.45, 2.75) is 0 Å². The van der Waals surface area contributed by atoms with Crippen LogP contribution in [0, 0.1) is 21.6 Å². The van der Waals surface area contributed by atoms with Gasteiger partial charge in [0.2, 0.25) is 6.79 Å². The molecular formula is C10H8N4O4S. The molecule has 9 heteroatoms. The molecule has 1 aliphatic rings. The van der Waals surface area contributed by atoms with E-state index < -0.39 is 4.92 Å². The Balaban J connectivity index is 2.49. The third-order valence-electron chi connectivity index (χ3n) is 2.24. The minimum Gasteiger partial charge on any atom is -0.454 e. The van der Waals surface area contributed by atoms with Crippen molar-refractivity contribution in [2.75, 3.05) is 13.0 Å². The molecule has 0 saturated carbocycles. The summed E-state index contributed by atoms with van der Waals surface area (Å²) in [4.78, 5) is 14.5. The lowest BCUT2D eigenvalue weighted by Crippen LogP contribution is -2.12. The first kappa shape index (κ1) is 13.0. The van der Waals surface area contributed by atoms with Gasteiger partial charge in [-0.2, -0.15) is 5.26 Å². The summed E-state index contributed by atoms with van der Waals surface area (Å²) < 4.78 is 10.2. The average Bonchev–Trinajstić information content (AvgIpc) is 2.84. The molecule has 1 aromatic rings. The van der Waals surface area contributed by atoms with Gasteiger partial charge < -0.3 is 9.47 Å². The number of thioether (sulfide) groups is 1. The molecule has 0 atom stereocenters. The second-order valence-electron chi connectivity index (χ2n) is 3.31. The van der Waals surface area contributed by atoms with E-state index in [0.29, 0.717) is 11.5 Å². The number of rotatable bonds is 2. The molecule has 0 fully saturated rings. The van der Waals surface area contributed by atoms with Gasteiger partial charge in [0.25, 0.3) is 5.69 Å². The minimum absolute atomic E-state index is 0.0193. The Kier molecular flexibility index (Phi) is 3.72. The van der Waals surface area contributed by atoms with Gasteiger partial charge in [-0.05, 0) is 6.26 Å². The second-order valence-corrected chi connectivity index (χ2v) is 4.10. The summed E-state index contributed by atoms with van der Waals surface area (Å²) in [5.41, 5.74) is -0.114. The summed E-state index contributed by atoms with van der Waals surface area (Å²) in [5, 5.41) is 22.1. The molecule has 2 rings (SSSR count). The number of nitrogens with one attached hydrogen (secondary N) is 1. The molecule has 1 heterocycles. The van der Waals surface area contributed by atoms with Crippen LogP contribution in [0.15, 0.2) is 17.1 Å². The van der Waals surface area contributed by atoms with Crippen LogP contribution in [0.1, 0.15) is 0 Å². The Labute approximate surface area is 112 Å². The van der Waals surface area contributed by atoms with E-state index in [1.165, 1.54) is 12.1 Å². The fraction of sp³-hybridized carbons (Fsp3) is 0.200. The van der Waals surface area contributed by atoms with Crippen molar-refractivity contribution in [1.82, 2.24) is 5.32 Å². The molecule has 1 aromatic carbocycles. The monoisotopic (exact) mass is 280 g/mol. The van der Waals surface area contributed by atoms with E-state index in [0.717, 1.165) is 11.8 Å². The number of nitriles is 1. The van der Waals surface area contributed by atoms with E-state index in [9.17, 15) is 10.1 Å². The summed E-state index contributed by atoms with van der Waals surface area (Å²) in [6.07, 6.45) is 3.41. The molecular weight excluding hydrogens is 272 g/mol. The van der Waals surface area contributed by atoms with E-state index in [1.54, 1.807) is 12.4 Å². The quantitative estimate of drug-likeness (QED) is 0.219. The first-order valence-electron chi connectivity index (χ1n) is 5.01. The number of aliphatic imine (C=N–C) groups is 1. The number of nitro benzene ring substituents is 1. The van der Waals surface area contributed by atoms with Gasteiger partial charge in [0.15, 0.2) is 22.9 Å². The number of hydrogen-bond donors (Lipinski definition) is 1. The van der Waals surface area contributed by atoms with Gasteiger partial charge in [-0.1, -0.05) is 11.8 Å². The van der Waals surface area contributed by atoms with Gasteiger partial charge in [-0.3, -0.25) is 15.4 Å². The molecule has 0 aliphatic carbocycles. The number of hydrogen-bond acceptors (Lipinski definition) is 7. The van der Waals surface area contributed by atoms with Crippen LogP contribution < -0.4 is 14.8 Å². The summed E-state index contributed by atoms with van der Waals surface area (Å²) >= 11 is 1.16. The van der Waals surface area contributed by atoms with Gasteiger partial charge in [0.05, 0.1) is 11.0 Å². The zero-order chi connectivity index (χ0) is 13.8. The van der Waals surface area contributed by atoms with Crippen LogP contribution in [0.3, 0.4) is 0 Å². The number of ether oxygens (including phenoxy) is 2. The highest BCUT2D eigenvalue weighted by molar-refractivity contribution is 8.13. The van der Waals surface area contributed by atoms with Crippen LogP contribution in [0.5, 0.6) is 11.5 Å². The van der Waals surface area contributed by atoms with Crippen molar-refractivity contribution < 1.29 is 14.4 Å². The maximum Gasteiger partial charge on any atom is 0.298 e. The lowest BCUT2D eigenvalue weighted by molar-refractivity contribution is -0.384. The van der Waals surface area contributed by atoms with Crippen LogP contribution in [-0.4, -0.2) is 23.1 Å². The van der Waals surface area contributed by atoms with Gasteiger partial charge in [0.1, 0.15) is 5.69 Å². The molecule has 0 unspecified atom stereocenters. The SMILES string of the molecule is CSC(=Nc1cc2c(cc1[N+](=O)[O-])OCO2)NC#N. The maximum absolute atomic E-state index is 11.0. The molecule has 0 radical (unpaired) electrons. The normalized spacial score (nSPS) is 12.9. The third kappa shape index (κ3) is 2.69. The Bertz CT molecular complexity index is 596. The minimum atomic E-state index is -0.564. The predicted octanol–water partition coefficient (Wildman–Crippen LogP) is 1.74. The van der Waals surface area contributed by atoms with Crippen molar-refractivity contribution in [3.8, 4) is 17.7 Å². The molecule has 98 valence electrons. The smallest absolute Gasteiger partial charge is 0.298 e. The highest BCUT2D eigenvalue weighted by Gasteiger charge is 2.23. The lowest BCUT2D eigenvalue weighted by atomic mass is 10.2. The van der Waals surface area contributed by atoms with E-state index in [-0.39, 0.29) is 23.3 Å². The molecule has 1 N–H and O–H groups in total. The molecule has 0 bridgehead atoms. The topological polar surface area (TPSA) is 110 Å². The van der Waals surface area contributed by atoms with E-state index >= 15 is 0 Å². The van der Waals surface area contributed by atoms with Crippen LogP contribution in [0.4, 0.5) is 11.4 Å². The Morgan fingerprint density at radius 3 is 2.84 bits per heavy atom. The van der Waals surface area contributed by atoms with Crippen LogP contribution in [0.2, 0.25) is 0 Å². The van der Waals surface area contributed by atoms with Gasteiger partial charge in [-0.25, -0.2) is 4.99 Å². The van der Waals surface area contributed by atoms with Crippen molar-refractivity contribution in [3.63, 3.8) is 0 Å². The zero-order valence-electron chi connectivity index (χ0n) is 9.74. The summed E-state index contributed by atoms with van der Waals surface area (Å²) in [6.45, 7) is 0.0193. The van der Waals surface area contributed by atoms with Crippen LogP contribution >= 0.6 is 11.8 Å². The Hall–Kier alpha value is -2.47. The number of nitro groups is 1. The van der Waals surface area contributed by atoms with Gasteiger partial charge in [-0.15, -0.1) is 0 Å². The number of benzene rings is 1. The third-order valence-corrected chi connectivity index (χ3v) is 2.82. The molecule has 0 amide bonds. The van der Waals surface area contributed by atoms with E-state index in [2.05, 4.69) is 10.3 Å². The van der Waals surface area contributed by atoms with Crippen LogP contribution in [-0.2, 0) is 0 Å². The highest BCUT2D eigenvalue weighted by atomic mass is 32.2. The molecule has 1 aliphatic heterocycles. The molecule has 0 aromatic heterocycles. The van der Waals surface area contributed by atoms with Crippen molar-refractivity contribution in [3.05, 3.63) is 22.2 Å². The predicted molar refractivity (Wildman–Crippen MR) is 68.6 cm³/mol. The van der Waals surface area contributed by atoms with Crippen molar-refractivity contribution >= 4 is 28.3 Å². The Morgan fingerprint density at radius 2 is 2.26 bits per heavy atom. The number of fused-ring (bicyclic) bond motifs is 1. The van der Waals surface area contributed by atoms with E-state index in [1.807, 2.05) is 0 Å². The van der Waals surface area contributed by atoms with Crippen LogP contribution in [0.25, 0.3) is 0 Å². The fourth-order valence-corrected chi connectivity index (χ4v) is 1.78. The summed E-state index contributed by atoms with van der Waals surface area (Å²) in [5.74, 6) is 0.700. The summed E-state index contributed by atoms with van der Waals surface area (Å²) in [6, 6.07) is 2.67. The summed E-state index contributed by atoms with van der Waals surface area (Å²) in [7, 11) is 0. The van der Waals surface area contributed by atoms with Gasteiger partial charge >= 0.3 is 0 Å². The van der Waals surface area contributed by atoms with Crippen molar-refractivity contribution in [2.24, 2.45) is 4.99 Å². The first-order valence-corrected chi connectivity index (χ1v) is 6.24. The number of amidine groups is 1. The fourth-order valence-electron chi connectivity index (χ4n) is 1.44. The highest BCUT2D eigenvalue weighted by Crippen LogP contribution is 2.42. The standard InChI is InChI=1S/C10H8N4O4S/c1-19-10(12-4-11)13-6-2-8-9(18-5-17-8)3-7(6)14(15)16/h2-3H,5H2,1H3,(H,12,13). The second kappa shape index (κ2) is 5.45. The molecule has 0 saturated heterocycles. The number of nitrogens with zero attached hydrogens (tertiary/aromatic N) is 3. The zero-order valence-corrected chi connectivity index (χ0v) is 10.6.